The summed E-state index contributed by atoms with van der Waals surface area (Å²) in [6.07, 6.45) is 1.96. The Labute approximate surface area is 164 Å². The molecule has 148 valence electrons. The van der Waals surface area contributed by atoms with Crippen LogP contribution < -0.4 is 19.7 Å². The van der Waals surface area contributed by atoms with Gasteiger partial charge in [-0.2, -0.15) is 0 Å². The predicted octanol–water partition coefficient (Wildman–Crippen LogP) is 2.40. The quantitative estimate of drug-likeness (QED) is 0.874. The van der Waals surface area contributed by atoms with Gasteiger partial charge in [-0.05, 0) is 43.7 Å². The molecule has 1 saturated heterocycles. The molecular weight excluding hydrogens is 358 g/mol. The minimum Gasteiger partial charge on any atom is -0.486 e. The summed E-state index contributed by atoms with van der Waals surface area (Å²) in [4.78, 5) is 19.1. The van der Waals surface area contributed by atoms with Gasteiger partial charge in [0.25, 0.3) is 5.91 Å². The minimum absolute atomic E-state index is 0.155. The second-order valence-corrected chi connectivity index (χ2v) is 7.23. The number of carbonyl (C=O) groups is 1. The summed E-state index contributed by atoms with van der Waals surface area (Å²) < 4.78 is 16.9. The number of fused-ring (bicyclic) bond motifs is 1. The molecule has 28 heavy (non-hydrogen) atoms. The molecular formula is C21H25N3O4. The molecule has 0 radical (unpaired) electrons. The Balaban J connectivity index is 1.36. The number of carbonyl (C=O) groups excluding carboxylic acids is 1. The maximum Gasteiger partial charge on any atom is 0.253 e. The maximum absolute atomic E-state index is 12.5. The number of benzene rings is 1. The lowest BCUT2D eigenvalue weighted by Gasteiger charge is -2.36. The highest BCUT2D eigenvalue weighted by Crippen LogP contribution is 2.30. The fourth-order valence-corrected chi connectivity index (χ4v) is 3.55. The minimum atomic E-state index is -0.155. The van der Waals surface area contributed by atoms with Crippen molar-refractivity contribution in [1.29, 1.82) is 0 Å². The van der Waals surface area contributed by atoms with Crippen molar-refractivity contribution in [2.45, 2.75) is 32.6 Å². The zero-order chi connectivity index (χ0) is 19.5. The van der Waals surface area contributed by atoms with E-state index in [1.165, 1.54) is 0 Å². The predicted molar refractivity (Wildman–Crippen MR) is 105 cm³/mol. The number of amides is 1. The van der Waals surface area contributed by atoms with Gasteiger partial charge in [0, 0.05) is 25.8 Å². The number of rotatable bonds is 4. The Morgan fingerprint density at radius 2 is 1.86 bits per heavy atom. The van der Waals surface area contributed by atoms with Gasteiger partial charge in [0.1, 0.15) is 19.0 Å². The molecule has 7 nitrogen and oxygen atoms in total. The molecule has 7 heteroatoms. The number of ether oxygens (including phenoxy) is 3. The SMILES string of the molecule is CC1CN(c2ccc(C(=O)NCc3ccc4c(c3)OCCO4)cn2)CC(C)O1. The van der Waals surface area contributed by atoms with Crippen LogP contribution in [0.5, 0.6) is 11.5 Å². The van der Waals surface area contributed by atoms with Gasteiger partial charge >= 0.3 is 0 Å². The topological polar surface area (TPSA) is 72.9 Å². The summed E-state index contributed by atoms with van der Waals surface area (Å²) in [6.45, 7) is 7.23. The summed E-state index contributed by atoms with van der Waals surface area (Å²) in [7, 11) is 0. The van der Waals surface area contributed by atoms with E-state index in [2.05, 4.69) is 29.0 Å². The van der Waals surface area contributed by atoms with Crippen molar-refractivity contribution < 1.29 is 19.0 Å². The highest BCUT2D eigenvalue weighted by molar-refractivity contribution is 5.94. The summed E-state index contributed by atoms with van der Waals surface area (Å²) in [5, 5.41) is 2.93. The molecule has 1 amide bonds. The third kappa shape index (κ3) is 4.20. The molecule has 2 aliphatic heterocycles. The van der Waals surface area contributed by atoms with Gasteiger partial charge in [-0.25, -0.2) is 4.98 Å². The van der Waals surface area contributed by atoms with Gasteiger partial charge in [-0.3, -0.25) is 4.79 Å². The van der Waals surface area contributed by atoms with Crippen LogP contribution in [-0.2, 0) is 11.3 Å². The van der Waals surface area contributed by atoms with Crippen molar-refractivity contribution in [3.8, 4) is 11.5 Å². The number of nitrogens with one attached hydrogen (secondary N) is 1. The highest BCUT2D eigenvalue weighted by atomic mass is 16.6. The van der Waals surface area contributed by atoms with Crippen LogP contribution in [0.25, 0.3) is 0 Å². The monoisotopic (exact) mass is 383 g/mol. The molecule has 1 aromatic carbocycles. The summed E-state index contributed by atoms with van der Waals surface area (Å²) in [5.74, 6) is 2.17. The average Bonchev–Trinajstić information content (AvgIpc) is 2.71. The standard InChI is InChI=1S/C21H25N3O4/c1-14-12-24(13-15(2)28-14)20-6-4-17(11-22-20)21(25)23-10-16-3-5-18-19(9-16)27-8-7-26-18/h3-6,9,11,14-15H,7-8,10,12-13H2,1-2H3,(H,23,25). The number of nitrogens with zero attached hydrogens (tertiary/aromatic N) is 2. The fourth-order valence-electron chi connectivity index (χ4n) is 3.55. The molecule has 3 heterocycles. The lowest BCUT2D eigenvalue weighted by atomic mass is 10.2. The molecule has 0 bridgehead atoms. The second kappa shape index (κ2) is 8.06. The number of aromatic nitrogens is 1. The van der Waals surface area contributed by atoms with E-state index in [9.17, 15) is 4.79 Å². The van der Waals surface area contributed by atoms with Crippen LogP contribution in [0.3, 0.4) is 0 Å². The molecule has 0 spiro atoms. The zero-order valence-corrected chi connectivity index (χ0v) is 16.2. The Kier molecular flexibility index (Phi) is 5.34. The van der Waals surface area contributed by atoms with Crippen molar-refractivity contribution in [3.05, 3.63) is 47.7 Å². The van der Waals surface area contributed by atoms with Gasteiger partial charge < -0.3 is 24.4 Å². The number of hydrogen-bond acceptors (Lipinski definition) is 6. The highest BCUT2D eigenvalue weighted by Gasteiger charge is 2.23. The first-order valence-corrected chi connectivity index (χ1v) is 9.61. The normalized spacial score (nSPS) is 21.3. The van der Waals surface area contributed by atoms with E-state index in [-0.39, 0.29) is 18.1 Å². The molecule has 2 aliphatic rings. The maximum atomic E-state index is 12.5. The van der Waals surface area contributed by atoms with E-state index in [1.807, 2.05) is 30.3 Å². The third-order valence-corrected chi connectivity index (χ3v) is 4.81. The van der Waals surface area contributed by atoms with Crippen molar-refractivity contribution >= 4 is 11.7 Å². The van der Waals surface area contributed by atoms with E-state index in [0.717, 1.165) is 36.0 Å². The Morgan fingerprint density at radius 1 is 1.11 bits per heavy atom. The number of hydrogen-bond donors (Lipinski definition) is 1. The van der Waals surface area contributed by atoms with E-state index in [1.54, 1.807) is 6.20 Å². The van der Waals surface area contributed by atoms with Crippen LogP contribution in [-0.4, -0.2) is 49.4 Å². The van der Waals surface area contributed by atoms with Gasteiger partial charge in [0.15, 0.2) is 11.5 Å². The molecule has 2 unspecified atom stereocenters. The van der Waals surface area contributed by atoms with E-state index in [4.69, 9.17) is 14.2 Å². The van der Waals surface area contributed by atoms with Crippen LogP contribution in [0, 0.1) is 0 Å². The van der Waals surface area contributed by atoms with Crippen molar-refractivity contribution in [2.75, 3.05) is 31.2 Å². The molecule has 1 fully saturated rings. The first kappa shape index (κ1) is 18.6. The van der Waals surface area contributed by atoms with E-state index >= 15 is 0 Å². The summed E-state index contributed by atoms with van der Waals surface area (Å²) >= 11 is 0. The lowest BCUT2D eigenvalue weighted by molar-refractivity contribution is -0.00546. The van der Waals surface area contributed by atoms with Gasteiger partial charge in [-0.15, -0.1) is 0 Å². The second-order valence-electron chi connectivity index (χ2n) is 7.23. The van der Waals surface area contributed by atoms with Crippen LogP contribution in [0.15, 0.2) is 36.5 Å². The van der Waals surface area contributed by atoms with Crippen LogP contribution >= 0.6 is 0 Å². The molecule has 2 atom stereocenters. The van der Waals surface area contributed by atoms with Crippen LogP contribution in [0.1, 0.15) is 29.8 Å². The molecule has 0 aliphatic carbocycles. The van der Waals surface area contributed by atoms with Crippen molar-refractivity contribution in [1.82, 2.24) is 10.3 Å². The molecule has 0 saturated carbocycles. The van der Waals surface area contributed by atoms with E-state index in [0.29, 0.717) is 25.3 Å². The van der Waals surface area contributed by atoms with E-state index < -0.39 is 0 Å². The Bertz CT molecular complexity index is 830. The molecule has 1 aromatic heterocycles. The third-order valence-electron chi connectivity index (χ3n) is 4.81. The van der Waals surface area contributed by atoms with Crippen molar-refractivity contribution in [3.63, 3.8) is 0 Å². The van der Waals surface area contributed by atoms with Gasteiger partial charge in [0.05, 0.1) is 17.8 Å². The van der Waals surface area contributed by atoms with Gasteiger partial charge in [0.2, 0.25) is 0 Å². The molecule has 2 aromatic rings. The smallest absolute Gasteiger partial charge is 0.253 e. The Hall–Kier alpha value is -2.80. The lowest BCUT2D eigenvalue weighted by Crippen LogP contribution is -2.45. The fraction of sp³-hybridized carbons (Fsp3) is 0.429. The number of morpholine rings is 1. The largest absolute Gasteiger partial charge is 0.486 e. The van der Waals surface area contributed by atoms with Crippen LogP contribution in [0.2, 0.25) is 0 Å². The van der Waals surface area contributed by atoms with Crippen molar-refractivity contribution in [2.24, 2.45) is 0 Å². The molecule has 1 N–H and O–H groups in total. The molecule has 4 rings (SSSR count). The zero-order valence-electron chi connectivity index (χ0n) is 16.2. The Morgan fingerprint density at radius 3 is 2.57 bits per heavy atom. The van der Waals surface area contributed by atoms with Crippen LogP contribution in [0.4, 0.5) is 5.82 Å². The number of anilines is 1. The first-order valence-electron chi connectivity index (χ1n) is 9.61. The average molecular weight is 383 g/mol. The summed E-state index contributed by atoms with van der Waals surface area (Å²) in [6, 6.07) is 9.40. The van der Waals surface area contributed by atoms with Gasteiger partial charge in [-0.1, -0.05) is 6.07 Å². The summed E-state index contributed by atoms with van der Waals surface area (Å²) in [5.41, 5.74) is 1.49. The number of pyridine rings is 1. The first-order chi connectivity index (χ1) is 13.6.